The fourth-order valence-corrected chi connectivity index (χ4v) is 2.00. The molecular formula is C11H20. The zero-order valence-electron chi connectivity index (χ0n) is 8.33. The molecule has 0 bridgehead atoms. The van der Waals surface area contributed by atoms with E-state index in [-0.39, 0.29) is 0 Å². The molecule has 0 amide bonds. The Morgan fingerprint density at radius 3 is 2.27 bits per heavy atom. The van der Waals surface area contributed by atoms with Crippen LogP contribution in [-0.2, 0) is 0 Å². The third-order valence-corrected chi connectivity index (χ3v) is 2.81. The van der Waals surface area contributed by atoms with Gasteiger partial charge in [0, 0.05) is 0 Å². The van der Waals surface area contributed by atoms with Crippen molar-refractivity contribution in [3.63, 3.8) is 0 Å². The molecule has 0 saturated heterocycles. The van der Waals surface area contributed by atoms with Gasteiger partial charge in [0.25, 0.3) is 0 Å². The Balaban J connectivity index is 2.53. The molecule has 0 aromatic heterocycles. The Morgan fingerprint density at radius 2 is 1.91 bits per heavy atom. The highest BCUT2D eigenvalue weighted by molar-refractivity contribution is 5.39. The lowest BCUT2D eigenvalue weighted by Gasteiger charge is -2.20. The lowest BCUT2D eigenvalue weighted by molar-refractivity contribution is 0.413. The average molecular weight is 152 g/mol. The molecule has 1 rings (SSSR count). The number of allylic oxidation sites excluding steroid dienone is 2. The molecule has 0 aliphatic heterocycles. The van der Waals surface area contributed by atoms with Gasteiger partial charge >= 0.3 is 0 Å². The maximum Gasteiger partial charge on any atom is -0.00974 e. The minimum atomic E-state index is 0.514. The largest absolute Gasteiger partial charge is 0.0663 e. The Hall–Kier alpha value is -0.260. The van der Waals surface area contributed by atoms with Gasteiger partial charge in [0.2, 0.25) is 0 Å². The van der Waals surface area contributed by atoms with Crippen LogP contribution in [0.3, 0.4) is 0 Å². The molecule has 0 saturated carbocycles. The molecular weight excluding hydrogens is 132 g/mol. The van der Waals surface area contributed by atoms with E-state index < -0.39 is 0 Å². The highest BCUT2D eigenvalue weighted by atomic mass is 14.4. The fraction of sp³-hybridized carbons (Fsp3) is 0.818. The van der Waals surface area contributed by atoms with Crippen LogP contribution in [0.1, 0.15) is 53.4 Å². The van der Waals surface area contributed by atoms with E-state index in [1.165, 1.54) is 25.7 Å². The van der Waals surface area contributed by atoms with Crippen LogP contribution < -0.4 is 0 Å². The highest BCUT2D eigenvalue weighted by Gasteiger charge is 2.32. The van der Waals surface area contributed by atoms with Crippen molar-refractivity contribution < 1.29 is 0 Å². The standard InChI is InChI=1S/C11H20/c1-5-7-11(3,4)10-8-9(10)6-2/h5-8H2,1-4H3. The van der Waals surface area contributed by atoms with Gasteiger partial charge in [-0.3, -0.25) is 0 Å². The first-order valence-corrected chi connectivity index (χ1v) is 4.83. The van der Waals surface area contributed by atoms with Crippen molar-refractivity contribution in [3.8, 4) is 0 Å². The molecule has 0 fully saturated rings. The van der Waals surface area contributed by atoms with E-state index in [2.05, 4.69) is 27.7 Å². The summed E-state index contributed by atoms with van der Waals surface area (Å²) in [6.07, 6.45) is 5.28. The van der Waals surface area contributed by atoms with E-state index in [0.29, 0.717) is 5.41 Å². The number of hydrogen-bond acceptors (Lipinski definition) is 0. The molecule has 0 spiro atoms. The summed E-state index contributed by atoms with van der Waals surface area (Å²) in [5, 5.41) is 0. The van der Waals surface area contributed by atoms with E-state index in [1.54, 1.807) is 11.1 Å². The topological polar surface area (TPSA) is 0 Å². The van der Waals surface area contributed by atoms with Crippen LogP contribution >= 0.6 is 0 Å². The number of rotatable bonds is 4. The van der Waals surface area contributed by atoms with Crippen molar-refractivity contribution in [3.05, 3.63) is 11.1 Å². The van der Waals surface area contributed by atoms with Gasteiger partial charge in [-0.05, 0) is 24.7 Å². The van der Waals surface area contributed by atoms with Gasteiger partial charge in [-0.15, -0.1) is 0 Å². The van der Waals surface area contributed by atoms with Crippen LogP contribution in [0.25, 0.3) is 0 Å². The van der Waals surface area contributed by atoms with E-state index in [4.69, 9.17) is 0 Å². The van der Waals surface area contributed by atoms with E-state index in [1.807, 2.05) is 0 Å². The molecule has 0 N–H and O–H groups in total. The molecule has 0 heterocycles. The Bertz CT molecular complexity index is 172. The van der Waals surface area contributed by atoms with E-state index in [9.17, 15) is 0 Å². The molecule has 11 heavy (non-hydrogen) atoms. The van der Waals surface area contributed by atoms with Crippen LogP contribution in [0, 0.1) is 5.41 Å². The predicted octanol–water partition coefficient (Wildman–Crippen LogP) is 3.92. The van der Waals surface area contributed by atoms with Crippen molar-refractivity contribution in [2.24, 2.45) is 5.41 Å². The minimum Gasteiger partial charge on any atom is -0.0663 e. The van der Waals surface area contributed by atoms with Gasteiger partial charge in [-0.2, -0.15) is 0 Å². The predicted molar refractivity (Wildman–Crippen MR) is 50.6 cm³/mol. The van der Waals surface area contributed by atoms with Gasteiger partial charge < -0.3 is 0 Å². The molecule has 0 aromatic carbocycles. The summed E-state index contributed by atoms with van der Waals surface area (Å²) in [5.41, 5.74) is 3.99. The van der Waals surface area contributed by atoms with Crippen LogP contribution in [-0.4, -0.2) is 0 Å². The first-order chi connectivity index (χ1) is 5.11. The van der Waals surface area contributed by atoms with Crippen LogP contribution in [0.2, 0.25) is 0 Å². The Morgan fingerprint density at radius 1 is 1.27 bits per heavy atom. The summed E-state index contributed by atoms with van der Waals surface area (Å²) in [7, 11) is 0. The quantitative estimate of drug-likeness (QED) is 0.535. The lowest BCUT2D eigenvalue weighted by Crippen LogP contribution is -2.08. The zero-order valence-corrected chi connectivity index (χ0v) is 8.33. The first kappa shape index (κ1) is 8.83. The van der Waals surface area contributed by atoms with Crippen LogP contribution in [0.4, 0.5) is 0 Å². The first-order valence-electron chi connectivity index (χ1n) is 4.83. The SMILES string of the molecule is CCCC(C)(C)C1=C(CC)C1. The molecule has 0 atom stereocenters. The minimum absolute atomic E-state index is 0.514. The lowest BCUT2D eigenvalue weighted by atomic mass is 9.85. The van der Waals surface area contributed by atoms with Gasteiger partial charge in [0.1, 0.15) is 0 Å². The van der Waals surface area contributed by atoms with Gasteiger partial charge in [-0.1, -0.05) is 45.3 Å². The van der Waals surface area contributed by atoms with Gasteiger partial charge in [-0.25, -0.2) is 0 Å². The van der Waals surface area contributed by atoms with Crippen molar-refractivity contribution in [1.29, 1.82) is 0 Å². The Kier molecular flexibility index (Phi) is 2.41. The molecule has 0 heteroatoms. The summed E-state index contributed by atoms with van der Waals surface area (Å²) in [4.78, 5) is 0. The molecule has 0 nitrogen and oxygen atoms in total. The summed E-state index contributed by atoms with van der Waals surface area (Å²) in [6, 6.07) is 0. The summed E-state index contributed by atoms with van der Waals surface area (Å²) < 4.78 is 0. The normalized spacial score (nSPS) is 17.5. The van der Waals surface area contributed by atoms with E-state index >= 15 is 0 Å². The third kappa shape index (κ3) is 1.85. The smallest absolute Gasteiger partial charge is 0.00974 e. The van der Waals surface area contributed by atoms with Gasteiger partial charge in [0.05, 0.1) is 0 Å². The second kappa shape index (κ2) is 3.00. The fourth-order valence-electron chi connectivity index (χ4n) is 2.00. The second-order valence-electron chi connectivity index (χ2n) is 4.25. The molecule has 1 aliphatic rings. The number of hydrogen-bond donors (Lipinski definition) is 0. The Labute approximate surface area is 70.7 Å². The maximum absolute atomic E-state index is 2.38. The molecule has 1 aliphatic carbocycles. The zero-order chi connectivity index (χ0) is 8.48. The average Bonchev–Trinajstić information content (AvgIpc) is 2.65. The summed E-state index contributed by atoms with van der Waals surface area (Å²) in [6.45, 7) is 9.31. The summed E-state index contributed by atoms with van der Waals surface area (Å²) >= 11 is 0. The van der Waals surface area contributed by atoms with Crippen molar-refractivity contribution >= 4 is 0 Å². The van der Waals surface area contributed by atoms with Crippen molar-refractivity contribution in [2.75, 3.05) is 0 Å². The van der Waals surface area contributed by atoms with Crippen LogP contribution in [0.5, 0.6) is 0 Å². The second-order valence-corrected chi connectivity index (χ2v) is 4.25. The highest BCUT2D eigenvalue weighted by Crippen LogP contribution is 2.48. The third-order valence-electron chi connectivity index (χ3n) is 2.81. The van der Waals surface area contributed by atoms with Crippen LogP contribution in [0.15, 0.2) is 11.1 Å². The molecule has 0 radical (unpaired) electrons. The van der Waals surface area contributed by atoms with Crippen molar-refractivity contribution in [1.82, 2.24) is 0 Å². The summed E-state index contributed by atoms with van der Waals surface area (Å²) in [5.74, 6) is 0. The monoisotopic (exact) mass is 152 g/mol. The molecule has 64 valence electrons. The van der Waals surface area contributed by atoms with Gasteiger partial charge in [0.15, 0.2) is 0 Å². The van der Waals surface area contributed by atoms with E-state index in [0.717, 1.165) is 0 Å². The maximum atomic E-state index is 2.38. The molecule has 0 unspecified atom stereocenters. The van der Waals surface area contributed by atoms with Crippen molar-refractivity contribution in [2.45, 2.75) is 53.4 Å². The molecule has 0 aromatic rings.